The van der Waals surface area contributed by atoms with E-state index in [9.17, 15) is 0 Å². The molecule has 3 heterocycles. The number of ether oxygens (including phenoxy) is 1. The number of hydrogen-bond donors (Lipinski definition) is 2. The van der Waals surface area contributed by atoms with Crippen LogP contribution in [-0.2, 0) is 11.2 Å². The van der Waals surface area contributed by atoms with Gasteiger partial charge in [-0.1, -0.05) is 0 Å². The van der Waals surface area contributed by atoms with E-state index in [2.05, 4.69) is 51.1 Å². The molecule has 0 saturated carbocycles. The van der Waals surface area contributed by atoms with E-state index in [4.69, 9.17) is 4.74 Å². The summed E-state index contributed by atoms with van der Waals surface area (Å²) in [6.45, 7) is 9.79. The minimum absolute atomic E-state index is 0.232. The van der Waals surface area contributed by atoms with E-state index < -0.39 is 0 Å². The van der Waals surface area contributed by atoms with Crippen LogP contribution in [0, 0.1) is 13.8 Å². The molecule has 3 rings (SSSR count). The average molecular weight is 398 g/mol. The largest absolute Gasteiger partial charge is 0.379 e. The number of morpholine rings is 1. The van der Waals surface area contributed by atoms with Gasteiger partial charge in [0.2, 0.25) is 0 Å². The molecule has 0 amide bonds. The smallest absolute Gasteiger partial charge is 0.191 e. The van der Waals surface area contributed by atoms with Crippen molar-refractivity contribution >= 4 is 29.1 Å². The molecule has 1 aromatic rings. The maximum absolute atomic E-state index is 5.55. The second kappa shape index (κ2) is 9.39. The Kier molecular flexibility index (Phi) is 7.19. The van der Waals surface area contributed by atoms with Crippen molar-refractivity contribution in [2.75, 3.05) is 57.9 Å². The van der Waals surface area contributed by atoms with Crippen LogP contribution >= 0.6 is 23.1 Å². The highest BCUT2D eigenvalue weighted by Gasteiger charge is 2.40. The molecule has 1 aromatic heterocycles. The summed E-state index contributed by atoms with van der Waals surface area (Å²) in [5.41, 5.74) is 1.38. The second-order valence-corrected chi connectivity index (χ2v) is 9.37. The molecule has 1 atom stereocenters. The lowest BCUT2D eigenvalue weighted by Gasteiger charge is -2.43. The van der Waals surface area contributed by atoms with Gasteiger partial charge in [-0.25, -0.2) is 4.98 Å². The predicted octanol–water partition coefficient (Wildman–Crippen LogP) is 1.68. The quantitative estimate of drug-likeness (QED) is 0.563. The van der Waals surface area contributed by atoms with Gasteiger partial charge in [0.1, 0.15) is 0 Å². The second-order valence-electron chi connectivity index (χ2n) is 6.98. The monoisotopic (exact) mass is 397 g/mol. The summed E-state index contributed by atoms with van der Waals surface area (Å²) in [6, 6.07) is 0. The van der Waals surface area contributed by atoms with Gasteiger partial charge in [0.05, 0.1) is 23.9 Å². The van der Waals surface area contributed by atoms with Crippen molar-refractivity contribution in [1.29, 1.82) is 0 Å². The highest BCUT2D eigenvalue weighted by Crippen LogP contribution is 2.33. The van der Waals surface area contributed by atoms with Crippen molar-refractivity contribution in [3.8, 4) is 0 Å². The van der Waals surface area contributed by atoms with Crippen molar-refractivity contribution in [2.45, 2.75) is 32.2 Å². The van der Waals surface area contributed by atoms with Crippen molar-refractivity contribution in [1.82, 2.24) is 20.5 Å². The van der Waals surface area contributed by atoms with Gasteiger partial charge in [-0.3, -0.25) is 9.89 Å². The maximum Gasteiger partial charge on any atom is 0.191 e. The molecule has 26 heavy (non-hydrogen) atoms. The first kappa shape index (κ1) is 19.9. The maximum atomic E-state index is 5.55. The van der Waals surface area contributed by atoms with Crippen LogP contribution in [0.25, 0.3) is 0 Å². The van der Waals surface area contributed by atoms with Gasteiger partial charge in [0, 0.05) is 55.8 Å². The Morgan fingerprint density at radius 3 is 2.73 bits per heavy atom. The topological polar surface area (TPSA) is 61.8 Å². The summed E-state index contributed by atoms with van der Waals surface area (Å²) in [4.78, 5) is 13.0. The summed E-state index contributed by atoms with van der Waals surface area (Å²) in [7, 11) is 1.85. The molecular formula is C18H31N5OS2. The molecule has 2 aliphatic rings. The van der Waals surface area contributed by atoms with Gasteiger partial charge < -0.3 is 15.4 Å². The van der Waals surface area contributed by atoms with Crippen LogP contribution < -0.4 is 10.6 Å². The number of rotatable bonds is 6. The number of hydrogen-bond acceptors (Lipinski definition) is 6. The zero-order valence-electron chi connectivity index (χ0n) is 16.1. The Labute approximate surface area is 165 Å². The van der Waals surface area contributed by atoms with E-state index in [0.29, 0.717) is 0 Å². The number of guanidine groups is 1. The van der Waals surface area contributed by atoms with Crippen LogP contribution in [0.4, 0.5) is 0 Å². The summed E-state index contributed by atoms with van der Waals surface area (Å²) in [5.74, 6) is 3.32. The van der Waals surface area contributed by atoms with Crippen LogP contribution in [0.5, 0.6) is 0 Å². The average Bonchev–Trinajstić information content (AvgIpc) is 3.26. The van der Waals surface area contributed by atoms with E-state index in [0.717, 1.165) is 57.5 Å². The van der Waals surface area contributed by atoms with E-state index >= 15 is 0 Å². The van der Waals surface area contributed by atoms with Gasteiger partial charge in [0.15, 0.2) is 5.96 Å². The minimum atomic E-state index is 0.232. The molecule has 0 spiro atoms. The fourth-order valence-electron chi connectivity index (χ4n) is 3.54. The number of nitrogens with one attached hydrogen (secondary N) is 2. The third-order valence-corrected chi connectivity index (χ3v) is 7.64. The summed E-state index contributed by atoms with van der Waals surface area (Å²) < 4.78 is 5.55. The SMILES string of the molecule is CN=C(NCCc1nc(C)c(C)s1)NCC1(N2CCOCC2)CCSC1. The van der Waals surface area contributed by atoms with E-state index in [1.807, 2.05) is 7.05 Å². The van der Waals surface area contributed by atoms with Crippen LogP contribution in [-0.4, -0.2) is 79.3 Å². The molecule has 0 aliphatic carbocycles. The number of aromatic nitrogens is 1. The van der Waals surface area contributed by atoms with Gasteiger partial charge in [-0.05, 0) is 26.0 Å². The Morgan fingerprint density at radius 2 is 2.12 bits per heavy atom. The minimum Gasteiger partial charge on any atom is -0.379 e. The molecule has 2 saturated heterocycles. The Hall–Kier alpha value is -0.830. The van der Waals surface area contributed by atoms with Crippen molar-refractivity contribution < 1.29 is 4.74 Å². The van der Waals surface area contributed by atoms with E-state index in [-0.39, 0.29) is 5.54 Å². The number of thioether (sulfide) groups is 1. The van der Waals surface area contributed by atoms with E-state index in [1.54, 1.807) is 11.3 Å². The fourth-order valence-corrected chi connectivity index (χ4v) is 5.95. The number of nitrogens with zero attached hydrogens (tertiary/aromatic N) is 3. The van der Waals surface area contributed by atoms with E-state index in [1.165, 1.54) is 27.8 Å². The molecule has 8 heteroatoms. The Morgan fingerprint density at radius 1 is 1.31 bits per heavy atom. The predicted molar refractivity (Wildman–Crippen MR) is 112 cm³/mol. The van der Waals surface area contributed by atoms with Crippen LogP contribution in [0.3, 0.4) is 0 Å². The van der Waals surface area contributed by atoms with Crippen LogP contribution in [0.15, 0.2) is 4.99 Å². The molecule has 2 fully saturated rings. The summed E-state index contributed by atoms with van der Waals surface area (Å²) >= 11 is 3.86. The first-order valence-corrected chi connectivity index (χ1v) is 11.4. The molecule has 2 aliphatic heterocycles. The van der Waals surface area contributed by atoms with Gasteiger partial charge in [-0.2, -0.15) is 11.8 Å². The third kappa shape index (κ3) is 4.91. The van der Waals surface area contributed by atoms with Gasteiger partial charge in [-0.15, -0.1) is 11.3 Å². The lowest BCUT2D eigenvalue weighted by Crippen LogP contribution is -2.60. The normalized spacial score (nSPS) is 24.8. The van der Waals surface area contributed by atoms with Crippen molar-refractivity contribution in [3.05, 3.63) is 15.6 Å². The lowest BCUT2D eigenvalue weighted by atomic mass is 9.95. The first-order valence-electron chi connectivity index (χ1n) is 9.41. The molecule has 1 unspecified atom stereocenters. The van der Waals surface area contributed by atoms with Crippen LogP contribution in [0.2, 0.25) is 0 Å². The zero-order chi connectivity index (χ0) is 18.4. The first-order chi connectivity index (χ1) is 12.6. The van der Waals surface area contributed by atoms with Gasteiger partial charge >= 0.3 is 0 Å². The molecule has 0 aromatic carbocycles. The van der Waals surface area contributed by atoms with Crippen molar-refractivity contribution in [3.63, 3.8) is 0 Å². The Bertz CT molecular complexity index is 587. The molecule has 6 nitrogen and oxygen atoms in total. The molecule has 146 valence electrons. The number of thiazole rings is 1. The summed E-state index contributed by atoms with van der Waals surface area (Å²) in [5, 5.41) is 8.22. The lowest BCUT2D eigenvalue weighted by molar-refractivity contribution is -0.0120. The number of aryl methyl sites for hydroxylation is 2. The fraction of sp³-hybridized carbons (Fsp3) is 0.778. The summed E-state index contributed by atoms with van der Waals surface area (Å²) in [6.07, 6.45) is 2.17. The van der Waals surface area contributed by atoms with Crippen molar-refractivity contribution in [2.24, 2.45) is 4.99 Å². The third-order valence-electron chi connectivity index (χ3n) is 5.28. The molecule has 0 bridgehead atoms. The standard InChI is InChI=1S/C18H31N5OS2/c1-14-15(2)26-16(22-14)4-6-20-17(19-3)21-12-18(5-11-25-13-18)23-7-9-24-10-8-23/h4-13H2,1-3H3,(H2,19,20,21). The molecule has 2 N–H and O–H groups in total. The van der Waals surface area contributed by atoms with Gasteiger partial charge in [0.25, 0.3) is 0 Å². The zero-order valence-corrected chi connectivity index (χ0v) is 17.8. The molecule has 0 radical (unpaired) electrons. The highest BCUT2D eigenvalue weighted by atomic mass is 32.2. The number of aliphatic imine (C=N–C) groups is 1. The Balaban J connectivity index is 1.49. The highest BCUT2D eigenvalue weighted by molar-refractivity contribution is 7.99. The molecular weight excluding hydrogens is 366 g/mol. The van der Waals surface area contributed by atoms with Crippen LogP contribution in [0.1, 0.15) is 22.0 Å².